The molecule has 0 bridgehead atoms. The summed E-state index contributed by atoms with van der Waals surface area (Å²) in [5.41, 5.74) is 1.25. The minimum absolute atomic E-state index is 0.0630. The predicted octanol–water partition coefficient (Wildman–Crippen LogP) is 2.37. The maximum absolute atomic E-state index is 11.1. The number of carboxylic acid groups (broad SMARTS) is 1. The Morgan fingerprint density at radius 2 is 2.28 bits per heavy atom. The van der Waals surface area contributed by atoms with Gasteiger partial charge in [-0.2, -0.15) is 5.26 Å². The minimum atomic E-state index is -0.787. The van der Waals surface area contributed by atoms with E-state index in [1.54, 1.807) is 18.2 Å². The SMILES string of the molecule is C[C@@H]1CN(c2cc(Cl)ccc2C#N)C[C@H]1C(=O)O. The number of carbonyl (C=O) groups is 1. The third kappa shape index (κ3) is 2.27. The summed E-state index contributed by atoms with van der Waals surface area (Å²) in [6.07, 6.45) is 0. The number of anilines is 1. The van der Waals surface area contributed by atoms with Gasteiger partial charge in [0, 0.05) is 18.1 Å². The number of benzene rings is 1. The zero-order valence-corrected chi connectivity index (χ0v) is 10.7. The third-order valence-corrected chi connectivity index (χ3v) is 3.59. The molecule has 0 unspecified atom stereocenters. The number of hydrogen-bond acceptors (Lipinski definition) is 3. The minimum Gasteiger partial charge on any atom is -0.481 e. The summed E-state index contributed by atoms with van der Waals surface area (Å²) >= 11 is 5.94. The van der Waals surface area contributed by atoms with Gasteiger partial charge in [0.15, 0.2) is 0 Å². The van der Waals surface area contributed by atoms with Crippen LogP contribution in [0, 0.1) is 23.2 Å². The van der Waals surface area contributed by atoms with E-state index in [2.05, 4.69) is 6.07 Å². The van der Waals surface area contributed by atoms with Gasteiger partial charge < -0.3 is 10.0 Å². The Morgan fingerprint density at radius 1 is 1.56 bits per heavy atom. The molecular formula is C13H13ClN2O2. The molecule has 0 saturated carbocycles. The Kier molecular flexibility index (Phi) is 3.44. The average molecular weight is 265 g/mol. The molecule has 0 amide bonds. The van der Waals surface area contributed by atoms with Crippen molar-refractivity contribution in [2.45, 2.75) is 6.92 Å². The van der Waals surface area contributed by atoms with Crippen molar-refractivity contribution in [1.82, 2.24) is 0 Å². The van der Waals surface area contributed by atoms with Crippen molar-refractivity contribution < 1.29 is 9.90 Å². The fourth-order valence-corrected chi connectivity index (χ4v) is 2.51. The summed E-state index contributed by atoms with van der Waals surface area (Å²) < 4.78 is 0. The normalized spacial score (nSPS) is 22.8. The molecule has 1 fully saturated rings. The summed E-state index contributed by atoms with van der Waals surface area (Å²) in [5.74, 6) is -1.12. The summed E-state index contributed by atoms with van der Waals surface area (Å²) in [6.45, 7) is 2.97. The topological polar surface area (TPSA) is 64.3 Å². The monoisotopic (exact) mass is 264 g/mol. The van der Waals surface area contributed by atoms with Crippen molar-refractivity contribution in [1.29, 1.82) is 5.26 Å². The highest BCUT2D eigenvalue weighted by atomic mass is 35.5. The van der Waals surface area contributed by atoms with Crippen LogP contribution in [0.25, 0.3) is 0 Å². The van der Waals surface area contributed by atoms with Gasteiger partial charge in [-0.3, -0.25) is 4.79 Å². The molecule has 1 aliphatic rings. The molecule has 5 heteroatoms. The highest BCUT2D eigenvalue weighted by molar-refractivity contribution is 6.30. The van der Waals surface area contributed by atoms with Gasteiger partial charge in [-0.15, -0.1) is 0 Å². The lowest BCUT2D eigenvalue weighted by Gasteiger charge is -2.19. The Labute approximate surface area is 110 Å². The molecule has 1 saturated heterocycles. The molecule has 2 rings (SSSR count). The zero-order valence-electron chi connectivity index (χ0n) is 9.93. The molecule has 2 atom stereocenters. The van der Waals surface area contributed by atoms with Gasteiger partial charge in [-0.1, -0.05) is 18.5 Å². The van der Waals surface area contributed by atoms with Crippen LogP contribution in [0.4, 0.5) is 5.69 Å². The second-order valence-electron chi connectivity index (χ2n) is 4.60. The number of nitriles is 1. The summed E-state index contributed by atoms with van der Waals surface area (Å²) in [6, 6.07) is 7.16. The number of halogens is 1. The Hall–Kier alpha value is -1.73. The van der Waals surface area contributed by atoms with Gasteiger partial charge >= 0.3 is 5.97 Å². The van der Waals surface area contributed by atoms with E-state index in [4.69, 9.17) is 22.0 Å². The first-order valence-electron chi connectivity index (χ1n) is 5.70. The molecule has 1 heterocycles. The van der Waals surface area contributed by atoms with E-state index in [0.717, 1.165) is 5.69 Å². The molecule has 94 valence electrons. The highest BCUT2D eigenvalue weighted by Crippen LogP contribution is 2.32. The summed E-state index contributed by atoms with van der Waals surface area (Å²) in [7, 11) is 0. The first-order valence-corrected chi connectivity index (χ1v) is 6.08. The molecule has 0 spiro atoms. The quantitative estimate of drug-likeness (QED) is 0.891. The lowest BCUT2D eigenvalue weighted by atomic mass is 9.99. The molecule has 18 heavy (non-hydrogen) atoms. The highest BCUT2D eigenvalue weighted by Gasteiger charge is 2.35. The number of hydrogen-bond donors (Lipinski definition) is 1. The van der Waals surface area contributed by atoms with Crippen LogP contribution < -0.4 is 4.90 Å². The summed E-state index contributed by atoms with van der Waals surface area (Å²) in [5, 5.41) is 18.7. The van der Waals surface area contributed by atoms with E-state index >= 15 is 0 Å². The van der Waals surface area contributed by atoms with Gasteiger partial charge in [0.25, 0.3) is 0 Å². The Bertz CT molecular complexity index is 524. The van der Waals surface area contributed by atoms with E-state index in [-0.39, 0.29) is 5.92 Å². The number of carboxylic acids is 1. The molecule has 1 aromatic rings. The summed E-state index contributed by atoms with van der Waals surface area (Å²) in [4.78, 5) is 13.0. The second kappa shape index (κ2) is 4.87. The van der Waals surface area contributed by atoms with Crippen molar-refractivity contribution in [2.75, 3.05) is 18.0 Å². The van der Waals surface area contributed by atoms with Crippen LogP contribution in [0.3, 0.4) is 0 Å². The molecule has 0 radical (unpaired) electrons. The molecule has 0 aliphatic carbocycles. The number of aliphatic carboxylic acids is 1. The maximum Gasteiger partial charge on any atom is 0.308 e. The predicted molar refractivity (Wildman–Crippen MR) is 68.7 cm³/mol. The fourth-order valence-electron chi connectivity index (χ4n) is 2.35. The van der Waals surface area contributed by atoms with E-state index in [0.29, 0.717) is 23.7 Å². The van der Waals surface area contributed by atoms with Crippen LogP contribution in [0.15, 0.2) is 18.2 Å². The maximum atomic E-state index is 11.1. The molecule has 1 aliphatic heterocycles. The van der Waals surface area contributed by atoms with Gasteiger partial charge in [0.1, 0.15) is 6.07 Å². The van der Waals surface area contributed by atoms with Crippen LogP contribution in [-0.2, 0) is 4.79 Å². The van der Waals surface area contributed by atoms with Crippen LogP contribution in [0.5, 0.6) is 0 Å². The van der Waals surface area contributed by atoms with Crippen LogP contribution in [0.2, 0.25) is 5.02 Å². The van der Waals surface area contributed by atoms with Crippen molar-refractivity contribution in [2.24, 2.45) is 11.8 Å². The van der Waals surface area contributed by atoms with Gasteiger partial charge in [-0.25, -0.2) is 0 Å². The lowest BCUT2D eigenvalue weighted by Crippen LogP contribution is -2.23. The van der Waals surface area contributed by atoms with Gasteiger partial charge in [0.2, 0.25) is 0 Å². The van der Waals surface area contributed by atoms with E-state index in [9.17, 15) is 4.79 Å². The van der Waals surface area contributed by atoms with Gasteiger partial charge in [0.05, 0.1) is 17.2 Å². The molecule has 1 aromatic carbocycles. The molecule has 4 nitrogen and oxygen atoms in total. The average Bonchev–Trinajstić information content (AvgIpc) is 2.71. The van der Waals surface area contributed by atoms with E-state index in [1.807, 2.05) is 11.8 Å². The number of rotatable bonds is 2. The standard InChI is InChI=1S/C13H13ClN2O2/c1-8-6-16(7-11(8)13(17)18)12-4-10(14)3-2-9(12)5-15/h2-4,8,11H,6-7H2,1H3,(H,17,18)/t8-,11-/m1/s1. The van der Waals surface area contributed by atoms with Crippen LogP contribution in [0.1, 0.15) is 12.5 Å². The Morgan fingerprint density at radius 3 is 2.83 bits per heavy atom. The smallest absolute Gasteiger partial charge is 0.308 e. The van der Waals surface area contributed by atoms with Crippen molar-refractivity contribution in [3.8, 4) is 6.07 Å². The van der Waals surface area contributed by atoms with E-state index in [1.165, 1.54) is 0 Å². The fraction of sp³-hybridized carbons (Fsp3) is 0.385. The largest absolute Gasteiger partial charge is 0.481 e. The van der Waals surface area contributed by atoms with Crippen LogP contribution in [-0.4, -0.2) is 24.2 Å². The first kappa shape index (κ1) is 12.7. The third-order valence-electron chi connectivity index (χ3n) is 3.35. The molecule has 1 N–H and O–H groups in total. The van der Waals surface area contributed by atoms with Gasteiger partial charge in [-0.05, 0) is 24.1 Å². The van der Waals surface area contributed by atoms with E-state index < -0.39 is 11.9 Å². The molecule has 0 aromatic heterocycles. The van der Waals surface area contributed by atoms with Crippen molar-refractivity contribution in [3.63, 3.8) is 0 Å². The second-order valence-corrected chi connectivity index (χ2v) is 5.04. The lowest BCUT2D eigenvalue weighted by molar-refractivity contribution is -0.142. The molecular weight excluding hydrogens is 252 g/mol. The van der Waals surface area contributed by atoms with Crippen molar-refractivity contribution >= 4 is 23.3 Å². The zero-order chi connectivity index (χ0) is 13.3. The Balaban J connectivity index is 2.32. The first-order chi connectivity index (χ1) is 8.52. The van der Waals surface area contributed by atoms with Crippen molar-refractivity contribution in [3.05, 3.63) is 28.8 Å². The number of nitrogens with zero attached hydrogens (tertiary/aromatic N) is 2. The van der Waals surface area contributed by atoms with Crippen LogP contribution >= 0.6 is 11.6 Å².